The summed E-state index contributed by atoms with van der Waals surface area (Å²) < 4.78 is 6.41. The van der Waals surface area contributed by atoms with Gasteiger partial charge >= 0.3 is 0 Å². The summed E-state index contributed by atoms with van der Waals surface area (Å²) in [6.45, 7) is 0.412. The number of amides is 1. The molecule has 0 bridgehead atoms. The standard InChI is InChI=1S/C20H19NO3S/c1-24-11-15-14-5-2-3-8-18(14)25-19(15)20(23)21-16-10-9-13-12(16)6-4-7-17(13)22/h2-8,16,22H,9-11H2,1H3,(H,21,23)/t16-/m0/s1. The molecule has 128 valence electrons. The van der Waals surface area contributed by atoms with Gasteiger partial charge in [-0.15, -0.1) is 11.3 Å². The number of carbonyl (C=O) groups excluding carboxylic acids is 1. The van der Waals surface area contributed by atoms with Gasteiger partial charge in [0.05, 0.1) is 17.5 Å². The van der Waals surface area contributed by atoms with Gasteiger partial charge in [0, 0.05) is 17.4 Å². The second kappa shape index (κ2) is 6.50. The fourth-order valence-electron chi connectivity index (χ4n) is 3.58. The summed E-state index contributed by atoms with van der Waals surface area (Å²) in [6, 6.07) is 13.5. The maximum Gasteiger partial charge on any atom is 0.262 e. The van der Waals surface area contributed by atoms with E-state index in [1.165, 1.54) is 11.3 Å². The van der Waals surface area contributed by atoms with Gasteiger partial charge in [0.25, 0.3) is 5.91 Å². The molecule has 0 saturated heterocycles. The summed E-state index contributed by atoms with van der Waals surface area (Å²) in [5.74, 6) is 0.241. The van der Waals surface area contributed by atoms with Crippen molar-refractivity contribution >= 4 is 27.3 Å². The third-order valence-corrected chi connectivity index (χ3v) is 5.96. The van der Waals surface area contributed by atoms with Gasteiger partial charge in [-0.3, -0.25) is 4.79 Å². The van der Waals surface area contributed by atoms with Gasteiger partial charge in [0.2, 0.25) is 0 Å². The van der Waals surface area contributed by atoms with E-state index in [1.54, 1.807) is 13.2 Å². The van der Waals surface area contributed by atoms with Gasteiger partial charge in [-0.2, -0.15) is 0 Å². The summed E-state index contributed by atoms with van der Waals surface area (Å²) >= 11 is 1.50. The minimum absolute atomic E-state index is 0.0600. The Kier molecular flexibility index (Phi) is 4.19. The Morgan fingerprint density at radius 3 is 2.96 bits per heavy atom. The number of benzene rings is 2. The lowest BCUT2D eigenvalue weighted by atomic mass is 10.1. The molecule has 1 aromatic heterocycles. The number of nitrogens with one attached hydrogen (secondary N) is 1. The van der Waals surface area contributed by atoms with Crippen LogP contribution < -0.4 is 5.32 Å². The second-order valence-corrected chi connectivity index (χ2v) is 7.30. The van der Waals surface area contributed by atoms with Crippen LogP contribution in [0, 0.1) is 0 Å². The Balaban J connectivity index is 1.66. The molecule has 2 aromatic carbocycles. The van der Waals surface area contributed by atoms with Crippen molar-refractivity contribution in [3.05, 3.63) is 64.0 Å². The van der Waals surface area contributed by atoms with Gasteiger partial charge in [0.15, 0.2) is 0 Å². The first-order valence-electron chi connectivity index (χ1n) is 8.30. The van der Waals surface area contributed by atoms with Crippen LogP contribution in [0.4, 0.5) is 0 Å². The summed E-state index contributed by atoms with van der Waals surface area (Å²) in [6.07, 6.45) is 1.59. The first-order chi connectivity index (χ1) is 12.2. The van der Waals surface area contributed by atoms with E-state index in [-0.39, 0.29) is 11.9 Å². The zero-order valence-electron chi connectivity index (χ0n) is 13.9. The highest BCUT2D eigenvalue weighted by Crippen LogP contribution is 2.37. The van der Waals surface area contributed by atoms with Crippen LogP contribution in [0.1, 0.15) is 38.8 Å². The maximum atomic E-state index is 12.9. The van der Waals surface area contributed by atoms with Crippen molar-refractivity contribution in [2.45, 2.75) is 25.5 Å². The van der Waals surface area contributed by atoms with Crippen LogP contribution >= 0.6 is 11.3 Å². The van der Waals surface area contributed by atoms with Crippen molar-refractivity contribution in [2.75, 3.05) is 7.11 Å². The van der Waals surface area contributed by atoms with E-state index in [1.807, 2.05) is 36.4 Å². The smallest absolute Gasteiger partial charge is 0.262 e. The number of phenolic OH excluding ortho intramolecular Hbond substituents is 1. The molecule has 1 aliphatic rings. The van der Waals surface area contributed by atoms with Crippen LogP contribution in [0.25, 0.3) is 10.1 Å². The van der Waals surface area contributed by atoms with Crippen molar-refractivity contribution in [3.63, 3.8) is 0 Å². The number of fused-ring (bicyclic) bond motifs is 2. The zero-order chi connectivity index (χ0) is 17.4. The predicted octanol–water partition coefficient (Wildman–Crippen LogP) is 4.17. The summed E-state index contributed by atoms with van der Waals surface area (Å²) in [5, 5.41) is 14.2. The van der Waals surface area contributed by atoms with E-state index in [0.717, 1.165) is 39.6 Å². The van der Waals surface area contributed by atoms with E-state index in [4.69, 9.17) is 4.74 Å². The molecule has 1 amide bonds. The van der Waals surface area contributed by atoms with Gasteiger partial charge in [-0.25, -0.2) is 0 Å². The molecule has 25 heavy (non-hydrogen) atoms. The highest BCUT2D eigenvalue weighted by atomic mass is 32.1. The van der Waals surface area contributed by atoms with Crippen molar-refractivity contribution < 1.29 is 14.6 Å². The maximum absolute atomic E-state index is 12.9. The fraction of sp³-hybridized carbons (Fsp3) is 0.250. The Morgan fingerprint density at radius 1 is 1.28 bits per heavy atom. The van der Waals surface area contributed by atoms with E-state index in [2.05, 4.69) is 5.32 Å². The van der Waals surface area contributed by atoms with Crippen molar-refractivity contribution in [2.24, 2.45) is 0 Å². The molecule has 0 aliphatic heterocycles. The Hall–Kier alpha value is -2.37. The number of ether oxygens (including phenoxy) is 1. The summed E-state index contributed by atoms with van der Waals surface area (Å²) in [7, 11) is 1.64. The Morgan fingerprint density at radius 2 is 2.12 bits per heavy atom. The molecule has 1 aliphatic carbocycles. The molecule has 4 rings (SSSR count). The quantitative estimate of drug-likeness (QED) is 0.740. The highest BCUT2D eigenvalue weighted by molar-refractivity contribution is 7.21. The number of methoxy groups -OCH3 is 1. The number of phenols is 1. The van der Waals surface area contributed by atoms with Crippen molar-refractivity contribution in [1.29, 1.82) is 0 Å². The van der Waals surface area contributed by atoms with Gasteiger partial charge in [0.1, 0.15) is 5.75 Å². The number of thiophene rings is 1. The lowest BCUT2D eigenvalue weighted by Gasteiger charge is -2.14. The molecule has 4 nitrogen and oxygen atoms in total. The molecule has 2 N–H and O–H groups in total. The normalized spacial score (nSPS) is 16.1. The predicted molar refractivity (Wildman–Crippen MR) is 99.2 cm³/mol. The third-order valence-electron chi connectivity index (χ3n) is 4.74. The van der Waals surface area contributed by atoms with Crippen molar-refractivity contribution in [3.8, 4) is 5.75 Å². The van der Waals surface area contributed by atoms with Crippen LogP contribution in [-0.2, 0) is 17.8 Å². The monoisotopic (exact) mass is 353 g/mol. The molecule has 0 saturated carbocycles. The van der Waals surface area contributed by atoms with Crippen LogP contribution in [0.5, 0.6) is 5.75 Å². The van der Waals surface area contributed by atoms with E-state index in [0.29, 0.717) is 17.2 Å². The Bertz CT molecular complexity index is 947. The van der Waals surface area contributed by atoms with Gasteiger partial charge in [-0.05, 0) is 41.5 Å². The number of hydrogen-bond donors (Lipinski definition) is 2. The molecule has 0 radical (unpaired) electrons. The summed E-state index contributed by atoms with van der Waals surface area (Å²) in [4.78, 5) is 13.6. The topological polar surface area (TPSA) is 58.6 Å². The number of carbonyl (C=O) groups is 1. The first-order valence-corrected chi connectivity index (χ1v) is 9.11. The van der Waals surface area contributed by atoms with Crippen molar-refractivity contribution in [1.82, 2.24) is 5.32 Å². The van der Waals surface area contributed by atoms with E-state index < -0.39 is 0 Å². The minimum atomic E-state index is -0.0746. The molecule has 1 heterocycles. The minimum Gasteiger partial charge on any atom is -0.508 e. The van der Waals surface area contributed by atoms with Crippen LogP contribution in [0.15, 0.2) is 42.5 Å². The summed E-state index contributed by atoms with van der Waals surface area (Å²) in [5.41, 5.74) is 2.90. The third kappa shape index (κ3) is 2.79. The lowest BCUT2D eigenvalue weighted by Crippen LogP contribution is -2.27. The number of aromatic hydroxyl groups is 1. The molecule has 5 heteroatoms. The first kappa shape index (κ1) is 16.1. The van der Waals surface area contributed by atoms with Gasteiger partial charge < -0.3 is 15.2 Å². The molecule has 0 fully saturated rings. The zero-order valence-corrected chi connectivity index (χ0v) is 14.7. The average molecular weight is 353 g/mol. The van der Waals surface area contributed by atoms with Crippen LogP contribution in [0.3, 0.4) is 0 Å². The van der Waals surface area contributed by atoms with Gasteiger partial charge in [-0.1, -0.05) is 30.3 Å². The van der Waals surface area contributed by atoms with E-state index in [9.17, 15) is 9.90 Å². The number of rotatable bonds is 4. The molecular formula is C20H19NO3S. The largest absolute Gasteiger partial charge is 0.508 e. The molecule has 0 spiro atoms. The fourth-order valence-corrected chi connectivity index (χ4v) is 4.69. The Labute approximate surface area is 150 Å². The lowest BCUT2D eigenvalue weighted by molar-refractivity contribution is 0.0936. The number of hydrogen-bond acceptors (Lipinski definition) is 4. The molecular weight excluding hydrogens is 334 g/mol. The molecule has 0 unspecified atom stereocenters. The SMILES string of the molecule is COCc1c(C(=O)N[C@H]2CCc3c(O)cccc32)sc2ccccc12. The average Bonchev–Trinajstić information content (AvgIpc) is 3.19. The van der Waals surface area contributed by atoms with Crippen LogP contribution in [-0.4, -0.2) is 18.1 Å². The van der Waals surface area contributed by atoms with Crippen LogP contribution in [0.2, 0.25) is 0 Å². The molecule has 3 aromatic rings. The van der Waals surface area contributed by atoms with E-state index >= 15 is 0 Å². The molecule has 1 atom stereocenters. The second-order valence-electron chi connectivity index (χ2n) is 6.25. The highest BCUT2D eigenvalue weighted by Gasteiger charge is 2.28.